The fourth-order valence-corrected chi connectivity index (χ4v) is 2.39. The largest absolute Gasteiger partial charge is 0.384 e. The second-order valence-electron chi connectivity index (χ2n) is 4.79. The van der Waals surface area contributed by atoms with Crippen LogP contribution in [0.15, 0.2) is 34.8 Å². The first-order valence-corrected chi connectivity index (χ1v) is 7.13. The van der Waals surface area contributed by atoms with E-state index in [1.165, 1.54) is 18.4 Å². The Balaban J connectivity index is 1.72. The highest BCUT2D eigenvalue weighted by Crippen LogP contribution is 2.38. The Morgan fingerprint density at radius 3 is 2.84 bits per heavy atom. The van der Waals surface area contributed by atoms with Gasteiger partial charge < -0.3 is 11.1 Å². The van der Waals surface area contributed by atoms with Crippen LogP contribution < -0.4 is 11.1 Å². The first kappa shape index (κ1) is 12.4. The minimum absolute atomic E-state index is 0.509. The lowest BCUT2D eigenvalue weighted by molar-refractivity contribution is 0.926. The van der Waals surface area contributed by atoms with Gasteiger partial charge in [0.15, 0.2) is 0 Å². The molecule has 0 amide bonds. The van der Waals surface area contributed by atoms with Gasteiger partial charge in [-0.2, -0.15) is 0 Å². The Morgan fingerprint density at radius 2 is 2.11 bits per heavy atom. The van der Waals surface area contributed by atoms with E-state index in [1.54, 1.807) is 6.07 Å². The zero-order valence-corrected chi connectivity index (χ0v) is 12.0. The van der Waals surface area contributed by atoms with Crippen molar-refractivity contribution >= 4 is 27.6 Å². The van der Waals surface area contributed by atoms with Crippen molar-refractivity contribution in [2.24, 2.45) is 0 Å². The molecule has 4 nitrogen and oxygen atoms in total. The molecule has 0 saturated heterocycles. The lowest BCUT2D eigenvalue weighted by atomic mass is 10.2. The highest BCUT2D eigenvalue weighted by molar-refractivity contribution is 9.10. The van der Waals surface area contributed by atoms with Crippen molar-refractivity contribution in [1.29, 1.82) is 0 Å². The van der Waals surface area contributed by atoms with Crippen molar-refractivity contribution in [2.45, 2.75) is 25.3 Å². The van der Waals surface area contributed by atoms with Crippen LogP contribution in [0.4, 0.5) is 11.6 Å². The van der Waals surface area contributed by atoms with Crippen LogP contribution in [0.3, 0.4) is 0 Å². The molecular formula is C14H15BrN4. The summed E-state index contributed by atoms with van der Waals surface area (Å²) in [5.74, 6) is 2.72. The molecule has 5 heteroatoms. The van der Waals surface area contributed by atoms with Crippen LogP contribution in [-0.2, 0) is 6.54 Å². The van der Waals surface area contributed by atoms with Crippen molar-refractivity contribution in [3.63, 3.8) is 0 Å². The molecule has 0 atom stereocenters. The third kappa shape index (κ3) is 3.23. The quantitative estimate of drug-likeness (QED) is 0.907. The van der Waals surface area contributed by atoms with E-state index >= 15 is 0 Å². The van der Waals surface area contributed by atoms with Gasteiger partial charge in [0.25, 0.3) is 0 Å². The van der Waals surface area contributed by atoms with E-state index in [1.807, 2.05) is 12.1 Å². The van der Waals surface area contributed by atoms with Crippen LogP contribution in [0.1, 0.15) is 30.1 Å². The zero-order chi connectivity index (χ0) is 13.2. The van der Waals surface area contributed by atoms with Gasteiger partial charge in [0.1, 0.15) is 17.5 Å². The zero-order valence-electron chi connectivity index (χ0n) is 10.4. The van der Waals surface area contributed by atoms with Gasteiger partial charge in [-0.05, 0) is 30.5 Å². The van der Waals surface area contributed by atoms with Gasteiger partial charge in [0, 0.05) is 23.0 Å². The van der Waals surface area contributed by atoms with E-state index < -0.39 is 0 Å². The fraction of sp³-hybridized carbons (Fsp3) is 0.286. The standard InChI is InChI=1S/C14H15BrN4/c15-11-3-1-2-9(6-11)8-17-13-7-12(16)18-14(19-13)10-4-5-10/h1-3,6-7,10H,4-5,8H2,(H3,16,17,18,19). The molecule has 0 bridgehead atoms. The van der Waals surface area contributed by atoms with Gasteiger partial charge >= 0.3 is 0 Å². The monoisotopic (exact) mass is 318 g/mol. The number of rotatable bonds is 4. The van der Waals surface area contributed by atoms with Gasteiger partial charge in [0.05, 0.1) is 0 Å². The van der Waals surface area contributed by atoms with Gasteiger partial charge in [-0.15, -0.1) is 0 Å². The molecule has 98 valence electrons. The second-order valence-corrected chi connectivity index (χ2v) is 5.71. The summed E-state index contributed by atoms with van der Waals surface area (Å²) in [6, 6.07) is 9.97. The Bertz CT molecular complexity index is 596. The SMILES string of the molecule is Nc1cc(NCc2cccc(Br)c2)nc(C2CC2)n1. The number of benzene rings is 1. The molecule has 0 aliphatic heterocycles. The average Bonchev–Trinajstić information content (AvgIpc) is 3.20. The summed E-state index contributed by atoms with van der Waals surface area (Å²) in [7, 11) is 0. The van der Waals surface area contributed by atoms with Crippen LogP contribution >= 0.6 is 15.9 Å². The van der Waals surface area contributed by atoms with Crippen LogP contribution in [-0.4, -0.2) is 9.97 Å². The number of nitrogens with zero attached hydrogens (tertiary/aromatic N) is 2. The Hall–Kier alpha value is -1.62. The van der Waals surface area contributed by atoms with Crippen molar-refractivity contribution in [1.82, 2.24) is 9.97 Å². The number of nitrogens with one attached hydrogen (secondary N) is 1. The lowest BCUT2D eigenvalue weighted by Gasteiger charge is -2.08. The first-order chi connectivity index (χ1) is 9.20. The Kier molecular flexibility index (Phi) is 3.38. The number of hydrogen-bond donors (Lipinski definition) is 2. The molecule has 0 unspecified atom stereocenters. The highest BCUT2D eigenvalue weighted by atomic mass is 79.9. The van der Waals surface area contributed by atoms with Crippen LogP contribution in [0.2, 0.25) is 0 Å². The molecule has 0 spiro atoms. The Labute approximate surface area is 120 Å². The molecule has 1 saturated carbocycles. The van der Waals surface area contributed by atoms with Crippen molar-refractivity contribution in [3.05, 3.63) is 46.2 Å². The second kappa shape index (κ2) is 5.17. The molecule has 3 rings (SSSR count). The molecule has 1 fully saturated rings. The van der Waals surface area contributed by atoms with Crippen molar-refractivity contribution in [2.75, 3.05) is 11.1 Å². The summed E-state index contributed by atoms with van der Waals surface area (Å²) in [5.41, 5.74) is 7.01. The Morgan fingerprint density at radius 1 is 1.26 bits per heavy atom. The fourth-order valence-electron chi connectivity index (χ4n) is 1.94. The molecule has 0 radical (unpaired) electrons. The van der Waals surface area contributed by atoms with Gasteiger partial charge in [0.2, 0.25) is 0 Å². The molecule has 1 heterocycles. The van der Waals surface area contributed by atoms with Crippen LogP contribution in [0.5, 0.6) is 0 Å². The summed E-state index contributed by atoms with van der Waals surface area (Å²) in [6.45, 7) is 0.722. The predicted octanol–water partition coefficient (Wildman–Crippen LogP) is 3.31. The van der Waals surface area contributed by atoms with E-state index in [0.29, 0.717) is 11.7 Å². The maximum Gasteiger partial charge on any atom is 0.136 e. The number of halogens is 1. The van der Waals surface area contributed by atoms with E-state index in [9.17, 15) is 0 Å². The number of anilines is 2. The summed E-state index contributed by atoms with van der Waals surface area (Å²) < 4.78 is 1.08. The third-order valence-electron chi connectivity index (χ3n) is 3.07. The van der Waals surface area contributed by atoms with Crippen molar-refractivity contribution < 1.29 is 0 Å². The minimum Gasteiger partial charge on any atom is -0.384 e. The highest BCUT2D eigenvalue weighted by Gasteiger charge is 2.27. The molecule has 3 N–H and O–H groups in total. The summed E-state index contributed by atoms with van der Waals surface area (Å²) in [4.78, 5) is 8.80. The van der Waals surface area contributed by atoms with E-state index in [0.717, 1.165) is 22.7 Å². The topological polar surface area (TPSA) is 63.8 Å². The predicted molar refractivity (Wildman–Crippen MR) is 79.9 cm³/mol. The maximum absolute atomic E-state index is 5.82. The molecule has 1 aliphatic carbocycles. The number of nitrogen functional groups attached to an aromatic ring is 1. The minimum atomic E-state index is 0.509. The van der Waals surface area contributed by atoms with E-state index in [4.69, 9.17) is 5.73 Å². The number of nitrogens with two attached hydrogens (primary N) is 1. The third-order valence-corrected chi connectivity index (χ3v) is 3.56. The molecule has 1 aliphatic rings. The smallest absolute Gasteiger partial charge is 0.136 e. The van der Waals surface area contributed by atoms with E-state index in [-0.39, 0.29) is 0 Å². The normalized spacial score (nSPS) is 14.4. The molecule has 1 aromatic carbocycles. The molecule has 2 aromatic rings. The average molecular weight is 319 g/mol. The molecule has 1 aromatic heterocycles. The number of aromatic nitrogens is 2. The van der Waals surface area contributed by atoms with Gasteiger partial charge in [-0.25, -0.2) is 9.97 Å². The van der Waals surface area contributed by atoms with Crippen LogP contribution in [0.25, 0.3) is 0 Å². The number of hydrogen-bond acceptors (Lipinski definition) is 4. The van der Waals surface area contributed by atoms with Gasteiger partial charge in [-0.3, -0.25) is 0 Å². The summed E-state index contributed by atoms with van der Waals surface area (Å²) in [5, 5.41) is 3.30. The molecular weight excluding hydrogens is 304 g/mol. The molecule has 19 heavy (non-hydrogen) atoms. The summed E-state index contributed by atoms with van der Waals surface area (Å²) in [6.07, 6.45) is 2.35. The van der Waals surface area contributed by atoms with Crippen LogP contribution in [0, 0.1) is 0 Å². The van der Waals surface area contributed by atoms with Gasteiger partial charge in [-0.1, -0.05) is 28.1 Å². The lowest BCUT2D eigenvalue weighted by Crippen LogP contribution is -2.06. The van der Waals surface area contributed by atoms with E-state index in [2.05, 4.69) is 43.3 Å². The summed E-state index contributed by atoms with van der Waals surface area (Å²) >= 11 is 3.47. The first-order valence-electron chi connectivity index (χ1n) is 6.33. The maximum atomic E-state index is 5.82. The van der Waals surface area contributed by atoms with Crippen molar-refractivity contribution in [3.8, 4) is 0 Å².